The first kappa shape index (κ1) is 5.61. The lowest BCUT2D eigenvalue weighted by Gasteiger charge is -1.50. The molecule has 0 bridgehead atoms. The lowest BCUT2D eigenvalue weighted by molar-refractivity contribution is 2.51. The van der Waals surface area contributed by atoms with Crippen molar-refractivity contribution in [2.75, 3.05) is 6.66 Å². The minimum Gasteiger partial charge on any atom is -0.127 e. The van der Waals surface area contributed by atoms with Crippen molar-refractivity contribution in [3.05, 3.63) is 0 Å². The van der Waals surface area contributed by atoms with Crippen LogP contribution in [-0.2, 0) is 22.3 Å². The van der Waals surface area contributed by atoms with E-state index < -0.39 is 0 Å². The number of hydrogen-bond donors (Lipinski definition) is 0. The average Bonchev–Trinajstić information content (AvgIpc) is 1.38. The Balaban J connectivity index is 4.22. The second kappa shape index (κ2) is 2.83. The minimum absolute atomic E-state index is 0.209. The van der Waals surface area contributed by atoms with Crippen molar-refractivity contribution in [2.24, 2.45) is 0 Å². The molecule has 0 nitrogen and oxygen atoms in total. The summed E-state index contributed by atoms with van der Waals surface area (Å²) >= 11 is 4.75. The molecule has 0 aliphatic carbocycles. The zero-order chi connectivity index (χ0) is 4.28. The quantitative estimate of drug-likeness (QED) is 0.343. The molecule has 30 valence electrons. The van der Waals surface area contributed by atoms with Gasteiger partial charge in [-0.2, -0.15) is 0 Å². The second-order valence-electron chi connectivity index (χ2n) is 0.569. The molecule has 0 radical (unpaired) electrons. The maximum absolute atomic E-state index is 4.75. The Bertz CT molecular complexity index is 105. The van der Waals surface area contributed by atoms with Crippen LogP contribution < -0.4 is 0 Å². The van der Waals surface area contributed by atoms with Gasteiger partial charge in [0.15, 0.2) is 0 Å². The normalized spacial score (nSPS) is 10.2. The van der Waals surface area contributed by atoms with Crippen molar-refractivity contribution < 1.29 is 0 Å². The van der Waals surface area contributed by atoms with Crippen molar-refractivity contribution in [1.29, 1.82) is 0 Å². The van der Waals surface area contributed by atoms with Gasteiger partial charge in [0.1, 0.15) is 0 Å². The molecule has 0 spiro atoms. The molecule has 0 aromatic carbocycles. The zero-order valence-corrected chi connectivity index (χ0v) is 5.50. The maximum atomic E-state index is 4.75. The molecule has 0 aliphatic heterocycles. The summed E-state index contributed by atoms with van der Waals surface area (Å²) in [6, 6.07) is 0. The van der Waals surface area contributed by atoms with E-state index in [-0.39, 0.29) is 5.47 Å². The van der Waals surface area contributed by atoms with Gasteiger partial charge in [-0.15, -0.1) is 10.5 Å². The van der Waals surface area contributed by atoms with Gasteiger partial charge in [0.25, 0.3) is 0 Å². The highest BCUT2D eigenvalue weighted by molar-refractivity contribution is 8.29. The molecule has 1 atom stereocenters. The Kier molecular flexibility index (Phi) is 3.17. The Morgan fingerprint density at radius 3 is 2.20 bits per heavy atom. The molecule has 1 unspecified atom stereocenters. The first-order valence-corrected chi connectivity index (χ1v) is 5.49. The molecular formula is C2H5PS2. The summed E-state index contributed by atoms with van der Waals surface area (Å²) in [6.07, 6.45) is 0. The fourth-order valence-electron chi connectivity index (χ4n) is 0. The van der Waals surface area contributed by atoms with Crippen LogP contribution in [0.2, 0.25) is 0 Å². The van der Waals surface area contributed by atoms with Crippen LogP contribution in [0.5, 0.6) is 0 Å². The summed E-state index contributed by atoms with van der Waals surface area (Å²) in [6.45, 7) is 2.00. The molecular weight excluding hydrogens is 119 g/mol. The third-order valence-electron chi connectivity index (χ3n) is 0.182. The smallest absolute Gasteiger partial charge is 0.00516 e. The predicted octanol–water partition coefficient (Wildman–Crippen LogP) is 0.990. The van der Waals surface area contributed by atoms with Gasteiger partial charge >= 0.3 is 0 Å². The Hall–Kier alpha value is 0.610. The Morgan fingerprint density at radius 1 is 2.00 bits per heavy atom. The van der Waals surface area contributed by atoms with Crippen LogP contribution >= 0.6 is 5.47 Å². The third-order valence-corrected chi connectivity index (χ3v) is 2.58. The van der Waals surface area contributed by atoms with Crippen molar-refractivity contribution in [2.45, 2.75) is 0 Å². The Labute approximate surface area is 40.8 Å². The molecule has 0 fully saturated rings. The van der Waals surface area contributed by atoms with Gasteiger partial charge in [0.2, 0.25) is 0 Å². The number of hydrogen-bond acceptors (Lipinski definition) is 1. The average molecular weight is 124 g/mol. The summed E-state index contributed by atoms with van der Waals surface area (Å²) in [7, 11) is 1.51. The molecule has 0 aromatic heterocycles. The lowest BCUT2D eigenvalue weighted by atomic mass is 12.0. The highest BCUT2D eigenvalue weighted by Crippen LogP contribution is 1.90. The van der Waals surface area contributed by atoms with Gasteiger partial charge in [0.05, 0.1) is 0 Å². The molecule has 0 aromatic rings. The maximum Gasteiger partial charge on any atom is -0.00516 e. The van der Waals surface area contributed by atoms with Crippen LogP contribution in [0.4, 0.5) is 0 Å². The van der Waals surface area contributed by atoms with E-state index >= 15 is 0 Å². The van der Waals surface area contributed by atoms with Crippen molar-refractivity contribution in [3.8, 4) is 0 Å². The molecule has 0 N–H and O–H groups in total. The molecule has 0 aliphatic rings. The highest BCUT2D eigenvalue weighted by Gasteiger charge is 1.44. The first-order chi connectivity index (χ1) is 2.27. The van der Waals surface area contributed by atoms with Crippen LogP contribution in [-0.4, -0.2) is 12.5 Å². The molecule has 0 amide bonds. The molecule has 0 saturated carbocycles. The van der Waals surface area contributed by atoms with Gasteiger partial charge in [0, 0.05) is 0 Å². The van der Waals surface area contributed by atoms with Crippen LogP contribution in [0.1, 0.15) is 0 Å². The van der Waals surface area contributed by atoms with Crippen LogP contribution in [0, 0.1) is 0 Å². The molecule has 0 heterocycles. The fourth-order valence-corrected chi connectivity index (χ4v) is 0. The van der Waals surface area contributed by atoms with Crippen LogP contribution in [0.3, 0.4) is 0 Å². The van der Waals surface area contributed by atoms with E-state index in [1.54, 1.807) is 0 Å². The van der Waals surface area contributed by atoms with Crippen molar-refractivity contribution in [3.63, 3.8) is 0 Å². The van der Waals surface area contributed by atoms with E-state index in [9.17, 15) is 0 Å². The molecule has 5 heavy (non-hydrogen) atoms. The summed E-state index contributed by atoms with van der Waals surface area (Å²) in [4.78, 5) is 0. The summed E-state index contributed by atoms with van der Waals surface area (Å²) in [5, 5.41) is 0. The summed E-state index contributed by atoms with van der Waals surface area (Å²) in [5.74, 6) is 3.53. The lowest BCUT2D eigenvalue weighted by Crippen LogP contribution is -1.23. The monoisotopic (exact) mass is 124 g/mol. The van der Waals surface area contributed by atoms with Gasteiger partial charge in [-0.3, -0.25) is 0 Å². The van der Waals surface area contributed by atoms with E-state index in [0.29, 0.717) is 0 Å². The highest BCUT2D eigenvalue weighted by atomic mass is 32.7. The van der Waals surface area contributed by atoms with E-state index in [0.717, 1.165) is 0 Å². The third kappa shape index (κ3) is 4.61. The molecule has 0 rings (SSSR count). The van der Waals surface area contributed by atoms with Crippen LogP contribution in [0.25, 0.3) is 0 Å². The topological polar surface area (TPSA) is 0 Å². The van der Waals surface area contributed by atoms with Crippen molar-refractivity contribution in [1.82, 2.24) is 0 Å². The van der Waals surface area contributed by atoms with Crippen LogP contribution in [0.15, 0.2) is 0 Å². The van der Waals surface area contributed by atoms with Gasteiger partial charge in [-0.1, -0.05) is 11.8 Å². The summed E-state index contributed by atoms with van der Waals surface area (Å²) in [5.41, 5.74) is -0.209. The molecule has 3 heteroatoms. The van der Waals surface area contributed by atoms with E-state index in [2.05, 4.69) is 5.87 Å². The number of rotatable bonds is 0. The Morgan fingerprint density at radius 2 is 2.20 bits per heavy atom. The summed E-state index contributed by atoms with van der Waals surface area (Å²) < 4.78 is 0. The van der Waals surface area contributed by atoms with Gasteiger partial charge < -0.3 is 0 Å². The minimum atomic E-state index is -0.209. The zero-order valence-electron chi connectivity index (χ0n) is 2.97. The predicted molar refractivity (Wildman–Crippen MR) is 34.7 cm³/mol. The first-order valence-electron chi connectivity index (χ1n) is 1.10. The van der Waals surface area contributed by atoms with Gasteiger partial charge in [-0.05, 0) is 18.0 Å². The van der Waals surface area contributed by atoms with E-state index in [4.69, 9.17) is 11.8 Å². The van der Waals surface area contributed by atoms with Crippen molar-refractivity contribution >= 4 is 33.7 Å². The van der Waals surface area contributed by atoms with E-state index in [1.165, 1.54) is 10.5 Å². The van der Waals surface area contributed by atoms with E-state index in [1.807, 2.05) is 6.66 Å². The second-order valence-corrected chi connectivity index (χ2v) is 6.46. The largest absolute Gasteiger partial charge is 0.127 e. The fraction of sp³-hybridized carbons (Fsp3) is 0.500. The molecule has 0 saturated heterocycles. The standard InChI is InChI=1S/C2H5PS2/c1-3(4)5-2/h2H2,1H3. The SMILES string of the molecule is C=S=P(C)=S. The van der Waals surface area contributed by atoms with Gasteiger partial charge in [-0.25, -0.2) is 0 Å².